The third-order valence-electron chi connectivity index (χ3n) is 1.94. The third kappa shape index (κ3) is 2.28. The minimum absolute atomic E-state index is 0.165. The molecule has 0 aliphatic rings. The van der Waals surface area contributed by atoms with Gasteiger partial charge in [0.25, 0.3) is 5.91 Å². The van der Waals surface area contributed by atoms with Gasteiger partial charge in [-0.2, -0.15) is 0 Å². The van der Waals surface area contributed by atoms with Crippen molar-refractivity contribution >= 4 is 17.6 Å². The summed E-state index contributed by atoms with van der Waals surface area (Å²) in [5, 5.41) is 14.7. The van der Waals surface area contributed by atoms with E-state index in [1.807, 2.05) is 0 Å². The number of carbonyl (C=O) groups is 2. The first kappa shape index (κ1) is 10.8. The SMILES string of the molecule is O=C(O)c1cccnc1C(=O)Nc1cnoc1. The summed E-state index contributed by atoms with van der Waals surface area (Å²) < 4.78 is 4.53. The van der Waals surface area contributed by atoms with E-state index in [1.165, 1.54) is 30.8 Å². The van der Waals surface area contributed by atoms with E-state index in [0.717, 1.165) is 0 Å². The lowest BCUT2D eigenvalue weighted by Gasteiger charge is -2.03. The number of anilines is 1. The molecule has 2 heterocycles. The van der Waals surface area contributed by atoms with E-state index in [-0.39, 0.29) is 11.3 Å². The first-order valence-corrected chi connectivity index (χ1v) is 4.57. The Morgan fingerprint density at radius 2 is 2.24 bits per heavy atom. The van der Waals surface area contributed by atoms with E-state index >= 15 is 0 Å². The Morgan fingerprint density at radius 1 is 1.41 bits per heavy atom. The number of pyridine rings is 1. The summed E-state index contributed by atoms with van der Waals surface area (Å²) in [7, 11) is 0. The van der Waals surface area contributed by atoms with Crippen LogP contribution in [0.3, 0.4) is 0 Å². The zero-order valence-corrected chi connectivity index (χ0v) is 8.45. The summed E-state index contributed by atoms with van der Waals surface area (Å²) in [5.41, 5.74) is -0.000328. The van der Waals surface area contributed by atoms with Gasteiger partial charge in [-0.05, 0) is 12.1 Å². The molecule has 0 aliphatic heterocycles. The Hall–Kier alpha value is -2.70. The van der Waals surface area contributed by atoms with E-state index < -0.39 is 11.9 Å². The van der Waals surface area contributed by atoms with Gasteiger partial charge in [-0.3, -0.25) is 9.78 Å². The highest BCUT2D eigenvalue weighted by Crippen LogP contribution is 2.10. The number of hydrogen-bond acceptors (Lipinski definition) is 5. The molecule has 0 aromatic carbocycles. The quantitative estimate of drug-likeness (QED) is 0.819. The molecule has 0 fully saturated rings. The lowest BCUT2D eigenvalue weighted by Crippen LogP contribution is -2.17. The highest BCUT2D eigenvalue weighted by molar-refractivity contribution is 6.09. The molecule has 0 aliphatic carbocycles. The van der Waals surface area contributed by atoms with Crippen LogP contribution in [0.5, 0.6) is 0 Å². The van der Waals surface area contributed by atoms with Gasteiger partial charge in [0.1, 0.15) is 17.6 Å². The molecule has 0 bridgehead atoms. The number of nitrogens with zero attached hydrogens (tertiary/aromatic N) is 2. The molecule has 7 heteroatoms. The fraction of sp³-hybridized carbons (Fsp3) is 0. The van der Waals surface area contributed by atoms with Crippen LogP contribution in [0.15, 0.2) is 35.3 Å². The Morgan fingerprint density at radius 3 is 2.88 bits per heavy atom. The number of carbonyl (C=O) groups excluding carboxylic acids is 1. The van der Waals surface area contributed by atoms with Crippen molar-refractivity contribution in [2.45, 2.75) is 0 Å². The molecule has 7 nitrogen and oxygen atoms in total. The molecule has 1 amide bonds. The van der Waals surface area contributed by atoms with Crippen LogP contribution in [-0.2, 0) is 0 Å². The lowest BCUT2D eigenvalue weighted by molar-refractivity contribution is 0.0691. The maximum absolute atomic E-state index is 11.7. The van der Waals surface area contributed by atoms with Crippen LogP contribution >= 0.6 is 0 Å². The van der Waals surface area contributed by atoms with Crippen LogP contribution in [0.1, 0.15) is 20.8 Å². The third-order valence-corrected chi connectivity index (χ3v) is 1.94. The number of aromatic carboxylic acids is 1. The lowest BCUT2D eigenvalue weighted by atomic mass is 10.2. The highest BCUT2D eigenvalue weighted by Gasteiger charge is 2.17. The number of carboxylic acid groups (broad SMARTS) is 1. The Labute approximate surface area is 95.1 Å². The van der Waals surface area contributed by atoms with Gasteiger partial charge in [0.2, 0.25) is 0 Å². The zero-order chi connectivity index (χ0) is 12.3. The molecule has 2 aromatic rings. The van der Waals surface area contributed by atoms with Gasteiger partial charge >= 0.3 is 5.97 Å². The molecule has 2 N–H and O–H groups in total. The van der Waals surface area contributed by atoms with Gasteiger partial charge in [0.05, 0.1) is 11.8 Å². The zero-order valence-electron chi connectivity index (χ0n) is 8.45. The van der Waals surface area contributed by atoms with Gasteiger partial charge in [-0.1, -0.05) is 5.16 Å². The predicted octanol–water partition coefficient (Wildman–Crippen LogP) is 1.02. The number of rotatable bonds is 3. The largest absolute Gasteiger partial charge is 0.478 e. The van der Waals surface area contributed by atoms with E-state index in [2.05, 4.69) is 20.0 Å². The van der Waals surface area contributed by atoms with E-state index in [0.29, 0.717) is 5.69 Å². The van der Waals surface area contributed by atoms with Crippen LogP contribution in [0.2, 0.25) is 0 Å². The van der Waals surface area contributed by atoms with Gasteiger partial charge in [-0.25, -0.2) is 4.79 Å². The molecule has 0 spiro atoms. The van der Waals surface area contributed by atoms with Gasteiger partial charge in [0, 0.05) is 6.20 Å². The van der Waals surface area contributed by atoms with Crippen molar-refractivity contribution in [3.05, 3.63) is 42.0 Å². The molecule has 0 radical (unpaired) electrons. The maximum Gasteiger partial charge on any atom is 0.338 e. The standard InChI is InChI=1S/C10H7N3O4/c14-9(13-6-4-12-17-5-6)8-7(10(15)16)2-1-3-11-8/h1-5H,(H,13,14)(H,15,16). The van der Waals surface area contributed by atoms with Gasteiger partial charge in [0.15, 0.2) is 0 Å². The summed E-state index contributed by atoms with van der Waals surface area (Å²) in [6, 6.07) is 2.75. The number of nitrogens with one attached hydrogen (secondary N) is 1. The van der Waals surface area contributed by atoms with E-state index in [9.17, 15) is 9.59 Å². The van der Waals surface area contributed by atoms with E-state index in [1.54, 1.807) is 0 Å². The Balaban J connectivity index is 2.28. The Bertz CT molecular complexity index is 550. The Kier molecular flexibility index (Phi) is 2.82. The summed E-state index contributed by atoms with van der Waals surface area (Å²) in [5.74, 6) is -1.85. The van der Waals surface area contributed by atoms with Gasteiger partial charge in [-0.15, -0.1) is 0 Å². The second kappa shape index (κ2) is 4.44. The van der Waals surface area contributed by atoms with Crippen molar-refractivity contribution in [1.29, 1.82) is 0 Å². The number of amides is 1. The van der Waals surface area contributed by atoms with Crippen LogP contribution in [-0.4, -0.2) is 27.1 Å². The minimum atomic E-state index is -1.21. The van der Waals surface area contributed by atoms with Crippen molar-refractivity contribution < 1.29 is 19.2 Å². The molecule has 0 unspecified atom stereocenters. The average molecular weight is 233 g/mol. The average Bonchev–Trinajstić information content (AvgIpc) is 2.81. The summed E-state index contributed by atoms with van der Waals surface area (Å²) >= 11 is 0. The molecule has 0 atom stereocenters. The summed E-state index contributed by atoms with van der Waals surface area (Å²) in [6.45, 7) is 0. The topological polar surface area (TPSA) is 105 Å². The van der Waals surface area contributed by atoms with Crippen LogP contribution in [0.25, 0.3) is 0 Å². The van der Waals surface area contributed by atoms with Crippen LogP contribution < -0.4 is 5.32 Å². The second-order valence-electron chi connectivity index (χ2n) is 3.07. The van der Waals surface area contributed by atoms with Gasteiger partial charge < -0.3 is 14.9 Å². The van der Waals surface area contributed by atoms with Crippen LogP contribution in [0, 0.1) is 0 Å². The minimum Gasteiger partial charge on any atom is -0.478 e. The highest BCUT2D eigenvalue weighted by atomic mass is 16.5. The normalized spacial score (nSPS) is 9.88. The summed E-state index contributed by atoms with van der Waals surface area (Å²) in [4.78, 5) is 26.3. The van der Waals surface area contributed by atoms with E-state index in [4.69, 9.17) is 5.11 Å². The number of hydrogen-bond donors (Lipinski definition) is 2. The van der Waals surface area contributed by atoms with Crippen molar-refractivity contribution in [2.24, 2.45) is 0 Å². The molecular weight excluding hydrogens is 226 g/mol. The van der Waals surface area contributed by atoms with Crippen molar-refractivity contribution in [1.82, 2.24) is 10.1 Å². The van der Waals surface area contributed by atoms with Crippen LogP contribution in [0.4, 0.5) is 5.69 Å². The number of carboxylic acids is 1. The molecule has 86 valence electrons. The molecule has 2 aromatic heterocycles. The van der Waals surface area contributed by atoms with Crippen molar-refractivity contribution in [3.63, 3.8) is 0 Å². The maximum atomic E-state index is 11.7. The number of aromatic nitrogens is 2. The monoisotopic (exact) mass is 233 g/mol. The first-order chi connectivity index (χ1) is 8.18. The molecule has 17 heavy (non-hydrogen) atoms. The van der Waals surface area contributed by atoms with Crippen molar-refractivity contribution in [3.8, 4) is 0 Å². The first-order valence-electron chi connectivity index (χ1n) is 4.57. The van der Waals surface area contributed by atoms with Crippen molar-refractivity contribution in [2.75, 3.05) is 5.32 Å². The second-order valence-corrected chi connectivity index (χ2v) is 3.07. The molecule has 0 saturated carbocycles. The fourth-order valence-electron chi connectivity index (χ4n) is 1.22. The molecule has 0 saturated heterocycles. The summed E-state index contributed by atoms with van der Waals surface area (Å²) in [6.07, 6.45) is 3.86. The smallest absolute Gasteiger partial charge is 0.338 e. The molecule has 2 rings (SSSR count). The predicted molar refractivity (Wildman–Crippen MR) is 55.7 cm³/mol. The molecular formula is C10H7N3O4. The fourth-order valence-corrected chi connectivity index (χ4v) is 1.22.